The van der Waals surface area contributed by atoms with Gasteiger partial charge in [-0.25, -0.2) is 8.37 Å². The molecule has 12 aliphatic rings. The molecule has 0 spiro atoms. The van der Waals surface area contributed by atoms with E-state index in [9.17, 15) is 41.8 Å². The number of hydrogen-bond acceptors (Lipinski definition) is 23. The van der Waals surface area contributed by atoms with E-state index in [2.05, 4.69) is 44.7 Å². The number of ether oxygens (including phenoxy) is 13. The molecule has 27 heteroatoms. The number of aliphatic hydroxyl groups excluding tert-OH is 4. The van der Waals surface area contributed by atoms with Crippen LogP contribution < -0.4 is 0 Å². The smallest absolute Gasteiger partial charge is 0.394 e. The molecule has 0 bridgehead atoms. The molecular formula is C59H88O25S2. The maximum Gasteiger partial charge on any atom is 0.397 e. The first kappa shape index (κ1) is 64.1. The van der Waals surface area contributed by atoms with Crippen LogP contribution in [0.5, 0.6) is 0 Å². The van der Waals surface area contributed by atoms with Crippen LogP contribution in [0.3, 0.4) is 0 Å². The number of rotatable bonds is 15. The Hall–Kier alpha value is -1.98. The summed E-state index contributed by atoms with van der Waals surface area (Å²) in [5.41, 5.74) is -2.63. The van der Waals surface area contributed by atoms with E-state index < -0.39 is 185 Å². The molecule has 12 saturated heterocycles. The van der Waals surface area contributed by atoms with E-state index in [4.69, 9.17) is 70.3 Å². The lowest BCUT2D eigenvalue weighted by Gasteiger charge is -2.60. The van der Waals surface area contributed by atoms with Crippen molar-refractivity contribution in [1.82, 2.24) is 0 Å². The highest BCUT2D eigenvalue weighted by Gasteiger charge is 2.67. The first-order chi connectivity index (χ1) is 40.5. The minimum absolute atomic E-state index is 0.0451. The Kier molecular flexibility index (Phi) is 18.0. The fraction of sp³-hybridized carbons (Fsp3) is 0.864. The van der Waals surface area contributed by atoms with Crippen LogP contribution in [0.4, 0.5) is 0 Å². The van der Waals surface area contributed by atoms with Crippen LogP contribution in [-0.2, 0) is 90.7 Å². The Morgan fingerprint density at radius 1 is 0.709 bits per heavy atom. The summed E-state index contributed by atoms with van der Waals surface area (Å²) in [6.07, 6.45) is -6.56. The zero-order valence-corrected chi connectivity index (χ0v) is 51.1. The second kappa shape index (κ2) is 24.2. The van der Waals surface area contributed by atoms with Gasteiger partial charge < -0.3 is 82.0 Å². The molecule has 0 aromatic rings. The van der Waals surface area contributed by atoms with E-state index in [1.807, 2.05) is 6.92 Å². The molecule has 6 N–H and O–H groups in total. The second-order valence-corrected chi connectivity index (χ2v) is 29.3. The monoisotopic (exact) mass is 1260 g/mol. The lowest BCUT2D eigenvalue weighted by Crippen LogP contribution is -2.74. The standard InChI is InChI=1S/C59H88O25S2/c1-9-11-28(2)12-13-31(61)51-29(3)18-40-39(77-51)24-48-59(8,82-40)54(80-55-50(63)49(62)44(27-60)78-55)53-43(76-48)22-42-52(79-53)30(4)26-58(7)46(75-42)25-45-57(6,84-58)16-14-32-33(74-45)19-35-34(71-32)20-36-37(72-35)21-41-38(73-36)23-47(83-86(67,68)69)56(5,81-41)15-10-17-70-85(64,65)66/h9,12-13,30-55,60-63H,1-3,10-11,14-27H2,4-8H3,(H,64,65,66)(H,67,68,69)/b13-12+/t30-,31+,32-,33+,34+,35-,36-,37+,38+,39+,40-,41-,42-,43+,44-,45-,46+,47-,48-,49-,50+,51-,52+,53+,54+,55+,56+,57+,58-,59-/m0/s1. The molecule has 12 aliphatic heterocycles. The van der Waals surface area contributed by atoms with Crippen molar-refractivity contribution in [3.63, 3.8) is 0 Å². The topological polar surface area (TPSA) is 328 Å². The van der Waals surface area contributed by atoms with E-state index >= 15 is 0 Å². The van der Waals surface area contributed by atoms with E-state index in [1.54, 1.807) is 25.2 Å². The van der Waals surface area contributed by atoms with Gasteiger partial charge >= 0.3 is 20.8 Å². The lowest BCUT2D eigenvalue weighted by atomic mass is 9.74. The summed E-state index contributed by atoms with van der Waals surface area (Å²) < 4.78 is 165. The largest absolute Gasteiger partial charge is 0.397 e. The predicted molar refractivity (Wildman–Crippen MR) is 298 cm³/mol. The molecular weight excluding hydrogens is 1170 g/mol. The number of aliphatic hydroxyl groups is 4. The minimum Gasteiger partial charge on any atom is -0.394 e. The van der Waals surface area contributed by atoms with Gasteiger partial charge in [0, 0.05) is 44.9 Å². The molecule has 0 aliphatic carbocycles. The number of allylic oxidation sites excluding steroid dienone is 3. The van der Waals surface area contributed by atoms with Gasteiger partial charge in [0.25, 0.3) is 0 Å². The van der Waals surface area contributed by atoms with Crippen LogP contribution in [0.15, 0.2) is 49.1 Å². The molecule has 86 heavy (non-hydrogen) atoms. The van der Waals surface area contributed by atoms with Crippen molar-refractivity contribution in [2.45, 2.75) is 300 Å². The van der Waals surface area contributed by atoms with Crippen LogP contribution in [0.1, 0.15) is 125 Å². The van der Waals surface area contributed by atoms with Gasteiger partial charge in [-0.05, 0) is 84.1 Å². The van der Waals surface area contributed by atoms with Crippen LogP contribution in [0.2, 0.25) is 0 Å². The summed E-state index contributed by atoms with van der Waals surface area (Å²) >= 11 is 0. The molecule has 25 nitrogen and oxygen atoms in total. The molecule has 0 saturated carbocycles. The van der Waals surface area contributed by atoms with Gasteiger partial charge in [-0.3, -0.25) is 9.11 Å². The Balaban J connectivity index is 0.734. The molecule has 0 unspecified atom stereocenters. The Bertz CT molecular complexity index is 2770. The van der Waals surface area contributed by atoms with Gasteiger partial charge in [-0.15, -0.1) is 6.58 Å². The van der Waals surface area contributed by atoms with E-state index in [0.717, 1.165) is 5.57 Å². The molecule has 30 atom stereocenters. The summed E-state index contributed by atoms with van der Waals surface area (Å²) in [5.74, 6) is -0.116. The Labute approximate surface area is 503 Å². The highest BCUT2D eigenvalue weighted by molar-refractivity contribution is 7.81. The molecule has 12 fully saturated rings. The van der Waals surface area contributed by atoms with E-state index in [1.165, 1.54) is 0 Å². The molecule has 486 valence electrons. The third kappa shape index (κ3) is 12.6. The molecule has 0 radical (unpaired) electrons. The quantitative estimate of drug-likeness (QED) is 0.0594. The Morgan fingerprint density at radius 2 is 1.33 bits per heavy atom. The van der Waals surface area contributed by atoms with Crippen molar-refractivity contribution in [3.8, 4) is 0 Å². The second-order valence-electron chi connectivity index (χ2n) is 27.2. The van der Waals surface area contributed by atoms with Crippen molar-refractivity contribution in [2.75, 3.05) is 13.2 Å². The third-order valence-electron chi connectivity index (χ3n) is 20.9. The van der Waals surface area contributed by atoms with Gasteiger partial charge in [0.2, 0.25) is 0 Å². The number of hydrogen-bond donors (Lipinski definition) is 6. The lowest BCUT2D eigenvalue weighted by molar-refractivity contribution is -0.381. The SMILES string of the molecule is C=CCC(=C)/C=C/[C@@H](O)[C@H]1O[C@@H]2C[C@@H]3O[C@@H]4C[C@@H]5O[C@@H]6C[C@@H]7O[C@@H]8C[C@@H]9O[C@@H]%10C[C@@H]%11O[C@](C)(CCCOS(=O)(=O)O)[C@@H](OS(=O)(=O)O)C[C@H]%11O[C@H]%10C[C@H]9O[C@H]8CC[C@@]7(C)O[C@@]6(C)C[C@H](C)[C@H]5O[C@H]4[C@@H](O[C@H]4O[C@@H](CO)[C@H](O)[C@H]4O)[C@@]3(C)O[C@H]2CC1=C. The summed E-state index contributed by atoms with van der Waals surface area (Å²) in [7, 11) is -9.64. The highest BCUT2D eigenvalue weighted by atomic mass is 32.3. The minimum atomic E-state index is -4.93. The molecule has 0 aromatic carbocycles. The van der Waals surface area contributed by atoms with Crippen LogP contribution in [0.25, 0.3) is 0 Å². The van der Waals surface area contributed by atoms with Crippen molar-refractivity contribution in [2.24, 2.45) is 5.92 Å². The fourth-order valence-electron chi connectivity index (χ4n) is 16.6. The van der Waals surface area contributed by atoms with Gasteiger partial charge in [0.15, 0.2) is 6.29 Å². The number of fused-ring (bicyclic) bond motifs is 10. The summed E-state index contributed by atoms with van der Waals surface area (Å²) in [4.78, 5) is 0. The van der Waals surface area contributed by atoms with Crippen molar-refractivity contribution in [3.05, 3.63) is 49.1 Å². The van der Waals surface area contributed by atoms with Crippen LogP contribution >= 0.6 is 0 Å². The van der Waals surface area contributed by atoms with Gasteiger partial charge in [-0.2, -0.15) is 16.8 Å². The van der Waals surface area contributed by atoms with Gasteiger partial charge in [0.1, 0.15) is 54.4 Å². The third-order valence-corrected chi connectivity index (χ3v) is 21.9. The van der Waals surface area contributed by atoms with Gasteiger partial charge in [0.05, 0.1) is 128 Å². The average molecular weight is 1260 g/mol. The summed E-state index contributed by atoms with van der Waals surface area (Å²) in [6, 6.07) is 0. The van der Waals surface area contributed by atoms with Crippen molar-refractivity contribution >= 4 is 20.8 Å². The Morgan fingerprint density at radius 3 is 2.00 bits per heavy atom. The van der Waals surface area contributed by atoms with Crippen LogP contribution in [0, 0.1) is 5.92 Å². The normalized spacial score (nSPS) is 51.2. The van der Waals surface area contributed by atoms with Crippen molar-refractivity contribution in [1.29, 1.82) is 0 Å². The maximum absolute atomic E-state index is 12.0. The predicted octanol–water partition coefficient (Wildman–Crippen LogP) is 3.13. The van der Waals surface area contributed by atoms with Gasteiger partial charge in [-0.1, -0.05) is 43.9 Å². The molecule has 12 heterocycles. The highest BCUT2D eigenvalue weighted by Crippen LogP contribution is 2.55. The molecule has 0 amide bonds. The molecule has 0 aromatic heterocycles. The van der Waals surface area contributed by atoms with E-state index in [-0.39, 0.29) is 49.6 Å². The zero-order valence-electron chi connectivity index (χ0n) is 49.4. The zero-order chi connectivity index (χ0) is 61.2. The van der Waals surface area contributed by atoms with Crippen LogP contribution in [-0.4, -0.2) is 235 Å². The fourth-order valence-corrected chi connectivity index (χ4v) is 17.5. The van der Waals surface area contributed by atoms with E-state index in [0.29, 0.717) is 76.2 Å². The summed E-state index contributed by atoms with van der Waals surface area (Å²) in [6.45, 7) is 21.0. The first-order valence-corrected chi connectivity index (χ1v) is 33.5. The molecule has 12 rings (SSSR count). The first-order valence-electron chi connectivity index (χ1n) is 30.7. The maximum atomic E-state index is 12.0. The average Bonchev–Trinajstić information content (AvgIpc) is 3.61. The van der Waals surface area contributed by atoms with Crippen molar-refractivity contribution < 1.29 is 116 Å². The summed E-state index contributed by atoms with van der Waals surface area (Å²) in [5, 5.41) is 43.6.